The van der Waals surface area contributed by atoms with Crippen LogP contribution in [0.25, 0.3) is 17.4 Å². The van der Waals surface area contributed by atoms with Crippen LogP contribution in [0.3, 0.4) is 0 Å². The quantitative estimate of drug-likeness (QED) is 0.226. The average molecular weight is 606 g/mol. The van der Waals surface area contributed by atoms with E-state index in [0.717, 1.165) is 12.1 Å². The number of anilines is 2. The number of hydrogen-bond acceptors (Lipinski definition) is 5. The van der Waals surface area contributed by atoms with Gasteiger partial charge >= 0.3 is 0 Å². The molecule has 2 amide bonds. The molecular formula is C28H27Cl3N4O3S. The van der Waals surface area contributed by atoms with Gasteiger partial charge in [0, 0.05) is 54.9 Å². The highest BCUT2D eigenvalue weighted by atomic mass is 35.5. The SMILES string of the molecule is CCCC(=O)N1CCN(c2ccc(NC(=S)NC(=O)/C=C/c3ccc(-c4ccc(Cl)cc4Cl)o3)cc2Cl)CC1. The van der Waals surface area contributed by atoms with E-state index in [1.807, 2.05) is 24.0 Å². The van der Waals surface area contributed by atoms with Crippen molar-refractivity contribution in [1.29, 1.82) is 0 Å². The summed E-state index contributed by atoms with van der Waals surface area (Å²) in [5.41, 5.74) is 2.23. The van der Waals surface area contributed by atoms with Gasteiger partial charge in [-0.25, -0.2) is 0 Å². The first-order valence-electron chi connectivity index (χ1n) is 12.4. The van der Waals surface area contributed by atoms with E-state index >= 15 is 0 Å². The van der Waals surface area contributed by atoms with Crippen LogP contribution in [0.4, 0.5) is 11.4 Å². The highest BCUT2D eigenvalue weighted by Gasteiger charge is 2.22. The predicted molar refractivity (Wildman–Crippen MR) is 163 cm³/mol. The first-order valence-corrected chi connectivity index (χ1v) is 13.9. The maximum atomic E-state index is 12.4. The van der Waals surface area contributed by atoms with Crippen LogP contribution >= 0.6 is 47.0 Å². The molecule has 1 fully saturated rings. The Morgan fingerprint density at radius 3 is 2.46 bits per heavy atom. The largest absolute Gasteiger partial charge is 0.457 e. The maximum Gasteiger partial charge on any atom is 0.250 e. The molecule has 2 heterocycles. The third kappa shape index (κ3) is 7.76. The van der Waals surface area contributed by atoms with Crippen LogP contribution in [0.5, 0.6) is 0 Å². The fourth-order valence-electron chi connectivity index (χ4n) is 4.16. The van der Waals surface area contributed by atoms with E-state index < -0.39 is 5.91 Å². The first kappa shape index (κ1) is 29.0. The predicted octanol–water partition coefficient (Wildman–Crippen LogP) is 6.88. The molecule has 2 aromatic carbocycles. The molecule has 1 aliphatic rings. The average Bonchev–Trinajstić information content (AvgIpc) is 3.36. The number of amides is 2. The van der Waals surface area contributed by atoms with Crippen molar-refractivity contribution in [3.63, 3.8) is 0 Å². The van der Waals surface area contributed by atoms with Crippen molar-refractivity contribution in [2.24, 2.45) is 0 Å². The van der Waals surface area contributed by atoms with Crippen LogP contribution in [0.1, 0.15) is 25.5 Å². The van der Waals surface area contributed by atoms with E-state index in [4.69, 9.17) is 51.4 Å². The van der Waals surface area contributed by atoms with Gasteiger partial charge in [0.2, 0.25) is 11.8 Å². The summed E-state index contributed by atoms with van der Waals surface area (Å²) in [4.78, 5) is 28.6. The molecule has 0 bridgehead atoms. The zero-order valence-electron chi connectivity index (χ0n) is 21.2. The molecule has 0 spiro atoms. The van der Waals surface area contributed by atoms with Crippen LogP contribution in [-0.4, -0.2) is 48.0 Å². The minimum absolute atomic E-state index is 0.129. The molecule has 1 saturated heterocycles. The van der Waals surface area contributed by atoms with Crippen molar-refractivity contribution in [3.8, 4) is 11.3 Å². The van der Waals surface area contributed by atoms with Crippen molar-refractivity contribution >= 4 is 81.4 Å². The van der Waals surface area contributed by atoms with E-state index in [1.54, 1.807) is 36.4 Å². The normalized spacial score (nSPS) is 13.5. The van der Waals surface area contributed by atoms with Gasteiger partial charge in [-0.15, -0.1) is 0 Å². The molecule has 11 heteroatoms. The van der Waals surface area contributed by atoms with Gasteiger partial charge in [0.25, 0.3) is 0 Å². The smallest absolute Gasteiger partial charge is 0.250 e. The Kier molecular flexibility index (Phi) is 9.91. The molecule has 0 aliphatic carbocycles. The van der Waals surface area contributed by atoms with Crippen molar-refractivity contribution in [2.45, 2.75) is 19.8 Å². The third-order valence-electron chi connectivity index (χ3n) is 6.10. The van der Waals surface area contributed by atoms with Gasteiger partial charge < -0.3 is 19.5 Å². The molecule has 2 N–H and O–H groups in total. The summed E-state index contributed by atoms with van der Waals surface area (Å²) in [5.74, 6) is 0.808. The molecule has 0 atom stereocenters. The zero-order valence-corrected chi connectivity index (χ0v) is 24.3. The molecule has 39 heavy (non-hydrogen) atoms. The van der Waals surface area contributed by atoms with E-state index in [0.29, 0.717) is 70.4 Å². The number of furan rings is 1. The van der Waals surface area contributed by atoms with E-state index in [-0.39, 0.29) is 11.0 Å². The van der Waals surface area contributed by atoms with Crippen LogP contribution in [-0.2, 0) is 9.59 Å². The first-order chi connectivity index (χ1) is 18.7. The second kappa shape index (κ2) is 13.3. The second-order valence-electron chi connectivity index (χ2n) is 8.89. The Morgan fingerprint density at radius 2 is 1.77 bits per heavy atom. The number of carbonyl (C=O) groups is 2. The number of halogens is 3. The molecule has 4 rings (SSSR count). The van der Waals surface area contributed by atoms with E-state index in [1.165, 1.54) is 12.2 Å². The summed E-state index contributed by atoms with van der Waals surface area (Å²) in [5, 5.41) is 7.26. The fourth-order valence-corrected chi connectivity index (χ4v) is 5.18. The summed E-state index contributed by atoms with van der Waals surface area (Å²) in [6, 6.07) is 14.1. The van der Waals surface area contributed by atoms with Crippen LogP contribution < -0.4 is 15.5 Å². The highest BCUT2D eigenvalue weighted by molar-refractivity contribution is 7.80. The molecule has 7 nitrogen and oxygen atoms in total. The van der Waals surface area contributed by atoms with Gasteiger partial charge in [-0.3, -0.25) is 14.9 Å². The Labute approximate surface area is 247 Å². The van der Waals surface area contributed by atoms with Crippen LogP contribution in [0.2, 0.25) is 15.1 Å². The Morgan fingerprint density at radius 1 is 1.00 bits per heavy atom. The van der Waals surface area contributed by atoms with Crippen molar-refractivity contribution in [1.82, 2.24) is 10.2 Å². The fraction of sp³-hybridized carbons (Fsp3) is 0.250. The van der Waals surface area contributed by atoms with Crippen molar-refractivity contribution < 1.29 is 14.0 Å². The lowest BCUT2D eigenvalue weighted by Gasteiger charge is -2.36. The number of hydrogen-bond donors (Lipinski definition) is 2. The number of nitrogens with one attached hydrogen (secondary N) is 2. The second-order valence-corrected chi connectivity index (χ2v) is 10.5. The monoisotopic (exact) mass is 604 g/mol. The minimum atomic E-state index is -0.423. The molecule has 1 aliphatic heterocycles. The van der Waals surface area contributed by atoms with Crippen LogP contribution in [0, 0.1) is 0 Å². The van der Waals surface area contributed by atoms with E-state index in [9.17, 15) is 9.59 Å². The lowest BCUT2D eigenvalue weighted by Crippen LogP contribution is -2.48. The van der Waals surface area contributed by atoms with Gasteiger partial charge in [0.05, 0.1) is 15.7 Å². The summed E-state index contributed by atoms with van der Waals surface area (Å²) in [7, 11) is 0. The Bertz CT molecular complexity index is 1400. The number of piperazine rings is 1. The number of thiocarbonyl (C=S) groups is 1. The van der Waals surface area contributed by atoms with Gasteiger partial charge in [-0.05, 0) is 73.2 Å². The molecule has 1 aromatic heterocycles. The summed E-state index contributed by atoms with van der Waals surface area (Å²) in [6.45, 7) is 4.79. The standard InChI is InChI=1S/C28H27Cl3N4O3S/c1-2-3-27(37)35-14-12-34(13-15-35)24-9-5-19(17-23(24)31)32-28(39)33-26(36)11-7-20-6-10-25(38-20)21-8-4-18(29)16-22(21)30/h4-11,16-17H,2-3,12-15H2,1H3,(H2,32,33,36,39)/b11-7+. The molecule has 204 valence electrons. The third-order valence-corrected chi connectivity index (χ3v) is 7.16. The van der Waals surface area contributed by atoms with Gasteiger partial charge in [0.1, 0.15) is 11.5 Å². The highest BCUT2D eigenvalue weighted by Crippen LogP contribution is 2.32. The number of carbonyl (C=O) groups excluding carboxylic acids is 2. The zero-order chi connectivity index (χ0) is 27.9. The molecule has 0 saturated carbocycles. The number of rotatable bonds is 7. The molecule has 0 unspecified atom stereocenters. The van der Waals surface area contributed by atoms with Gasteiger partial charge in [-0.1, -0.05) is 41.7 Å². The topological polar surface area (TPSA) is 77.8 Å². The maximum absolute atomic E-state index is 12.4. The molecular weight excluding hydrogens is 579 g/mol. The Hall–Kier alpha value is -3.04. The van der Waals surface area contributed by atoms with Crippen molar-refractivity contribution in [2.75, 3.05) is 36.4 Å². The van der Waals surface area contributed by atoms with Gasteiger partial charge in [-0.2, -0.15) is 0 Å². The Balaban J connectivity index is 1.28. The van der Waals surface area contributed by atoms with Crippen LogP contribution in [0.15, 0.2) is 59.0 Å². The van der Waals surface area contributed by atoms with Gasteiger partial charge in [0.15, 0.2) is 5.11 Å². The lowest BCUT2D eigenvalue weighted by molar-refractivity contribution is -0.131. The number of nitrogens with zero attached hydrogens (tertiary/aromatic N) is 2. The molecule has 3 aromatic rings. The molecule has 0 radical (unpaired) electrons. The summed E-state index contributed by atoms with van der Waals surface area (Å²) in [6.07, 6.45) is 4.29. The van der Waals surface area contributed by atoms with Crippen molar-refractivity contribution in [3.05, 3.63) is 75.4 Å². The number of benzene rings is 2. The minimum Gasteiger partial charge on any atom is -0.457 e. The summed E-state index contributed by atoms with van der Waals surface area (Å²) < 4.78 is 5.76. The lowest BCUT2D eigenvalue weighted by atomic mass is 10.2. The van der Waals surface area contributed by atoms with E-state index in [2.05, 4.69) is 15.5 Å². The summed E-state index contributed by atoms with van der Waals surface area (Å²) >= 11 is 24.0.